The highest BCUT2D eigenvalue weighted by molar-refractivity contribution is 7.94. The van der Waals surface area contributed by atoms with Gasteiger partial charge in [-0.15, -0.1) is 4.33 Å². The Morgan fingerprint density at radius 3 is 2.50 bits per heavy atom. The van der Waals surface area contributed by atoms with Crippen molar-refractivity contribution in [2.45, 2.75) is 16.7 Å². The minimum absolute atomic E-state index is 0.0944. The lowest BCUT2D eigenvalue weighted by Gasteiger charge is -2.14. The van der Waals surface area contributed by atoms with E-state index < -0.39 is 15.0 Å². The summed E-state index contributed by atoms with van der Waals surface area (Å²) in [5.41, 5.74) is 6.27. The monoisotopic (exact) mass is 347 g/mol. The summed E-state index contributed by atoms with van der Waals surface area (Å²) in [6.45, 7) is 1.74. The number of anilines is 1. The molecule has 0 amide bonds. The predicted molar refractivity (Wildman–Crippen MR) is 80.1 cm³/mol. The highest BCUT2D eigenvalue weighted by Gasteiger charge is 2.19. The molecule has 2 aromatic carbocycles. The van der Waals surface area contributed by atoms with Crippen LogP contribution in [0.5, 0.6) is 5.75 Å². The van der Waals surface area contributed by atoms with Crippen molar-refractivity contribution in [3.8, 4) is 5.75 Å². The Labute approximate surface area is 130 Å². The van der Waals surface area contributed by atoms with Crippen molar-refractivity contribution in [1.29, 1.82) is 0 Å². The average molecular weight is 347 g/mol. The van der Waals surface area contributed by atoms with E-state index >= 15 is 0 Å². The first-order chi connectivity index (χ1) is 10.3. The van der Waals surface area contributed by atoms with Gasteiger partial charge >= 0.3 is 0 Å². The molecular weight excluding hydrogens is 334 g/mol. The number of methoxy groups -OCH3 is 1. The summed E-state index contributed by atoms with van der Waals surface area (Å²) in [6, 6.07) is 4.22. The number of hydrogen-bond acceptors (Lipinski definition) is 8. The first-order valence-corrected chi connectivity index (χ1v) is 8.00. The number of hydrogen-bond donors (Lipinski definition) is 3. The highest BCUT2D eigenvalue weighted by atomic mass is 32.2. The van der Waals surface area contributed by atoms with Gasteiger partial charge in [0.15, 0.2) is 0 Å². The maximum atomic E-state index is 11.3. The minimum atomic E-state index is -4.45. The Bertz CT molecular complexity index is 820. The topological polar surface area (TPSA) is 128 Å². The van der Waals surface area contributed by atoms with Gasteiger partial charge in [-0.25, -0.2) is 5.26 Å². The van der Waals surface area contributed by atoms with Crippen LogP contribution in [0.2, 0.25) is 0 Å². The van der Waals surface area contributed by atoms with Crippen LogP contribution in [0.25, 0.3) is 10.8 Å². The van der Waals surface area contributed by atoms with Gasteiger partial charge < -0.3 is 10.5 Å². The molecule has 0 unspecified atom stereocenters. The van der Waals surface area contributed by atoms with Gasteiger partial charge in [0.2, 0.25) is 0 Å². The Kier molecular flexibility index (Phi) is 4.80. The molecule has 2 aromatic rings. The van der Waals surface area contributed by atoms with Crippen LogP contribution in [0.3, 0.4) is 0 Å². The Balaban J connectivity index is 2.78. The molecule has 10 heteroatoms. The fraction of sp³-hybridized carbons (Fsp3) is 0.167. The molecule has 0 aromatic heterocycles. The number of benzene rings is 2. The average Bonchev–Trinajstić information content (AvgIpc) is 2.44. The van der Waals surface area contributed by atoms with Crippen LogP contribution >= 0.6 is 12.0 Å². The molecule has 2 rings (SSSR count). The second-order valence-electron chi connectivity index (χ2n) is 4.35. The van der Waals surface area contributed by atoms with E-state index in [1.165, 1.54) is 19.2 Å². The lowest BCUT2D eigenvalue weighted by Crippen LogP contribution is -2.03. The summed E-state index contributed by atoms with van der Waals surface area (Å²) >= 11 is 0.714. The highest BCUT2D eigenvalue weighted by Crippen LogP contribution is 2.39. The van der Waals surface area contributed by atoms with Crippen molar-refractivity contribution < 1.29 is 32.3 Å². The van der Waals surface area contributed by atoms with Gasteiger partial charge in [-0.05, 0) is 30.5 Å². The van der Waals surface area contributed by atoms with Gasteiger partial charge in [0.1, 0.15) is 10.6 Å². The molecule has 0 heterocycles. The SMILES string of the molecule is COc1c(C)c(SOOO)cc2cc(S(=O)(=O)O)c(N)cc12. The lowest BCUT2D eigenvalue weighted by molar-refractivity contribution is -0.432. The molecule has 0 aliphatic heterocycles. The van der Waals surface area contributed by atoms with Crippen LogP contribution in [-0.2, 0) is 19.5 Å². The molecule has 120 valence electrons. The third kappa shape index (κ3) is 3.11. The van der Waals surface area contributed by atoms with Crippen LogP contribution < -0.4 is 10.5 Å². The molecule has 0 fully saturated rings. The molecule has 0 saturated heterocycles. The Hall–Kier alpha value is -1.56. The summed E-state index contributed by atoms with van der Waals surface area (Å²) < 4.78 is 41.6. The van der Waals surface area contributed by atoms with E-state index in [0.29, 0.717) is 39.0 Å². The van der Waals surface area contributed by atoms with Crippen LogP contribution in [0, 0.1) is 6.92 Å². The Morgan fingerprint density at radius 2 is 1.95 bits per heavy atom. The standard InChI is InChI=1S/C12H13NO7S2/c1-6-10(21-20-19-14)3-7-4-11(22(15,16)17)9(13)5-8(7)12(6)18-2/h3-5,14H,13H2,1-2H3,(H,15,16,17). The van der Waals surface area contributed by atoms with E-state index in [1.807, 2.05) is 0 Å². The van der Waals surface area contributed by atoms with Gasteiger partial charge in [0.05, 0.1) is 24.8 Å². The van der Waals surface area contributed by atoms with Gasteiger partial charge in [-0.3, -0.25) is 4.55 Å². The minimum Gasteiger partial charge on any atom is -0.496 e. The molecule has 0 aliphatic rings. The van der Waals surface area contributed by atoms with E-state index in [-0.39, 0.29) is 5.69 Å². The molecule has 0 bridgehead atoms. The lowest BCUT2D eigenvalue weighted by atomic mass is 10.1. The van der Waals surface area contributed by atoms with Crippen molar-refractivity contribution in [1.82, 2.24) is 0 Å². The number of ether oxygens (including phenoxy) is 1. The fourth-order valence-corrected chi connectivity index (χ4v) is 3.25. The van der Waals surface area contributed by atoms with Gasteiger partial charge in [-0.2, -0.15) is 8.42 Å². The zero-order chi connectivity index (χ0) is 16.5. The van der Waals surface area contributed by atoms with Crippen molar-refractivity contribution in [2.75, 3.05) is 12.8 Å². The molecule has 0 spiro atoms. The van der Waals surface area contributed by atoms with Crippen molar-refractivity contribution in [2.24, 2.45) is 0 Å². The maximum Gasteiger partial charge on any atom is 0.296 e. The molecular formula is C12H13NO7S2. The summed E-state index contributed by atoms with van der Waals surface area (Å²) in [4.78, 5) is 0.116. The van der Waals surface area contributed by atoms with E-state index in [1.54, 1.807) is 13.0 Å². The third-order valence-electron chi connectivity index (χ3n) is 3.06. The van der Waals surface area contributed by atoms with Crippen molar-refractivity contribution >= 4 is 38.6 Å². The molecule has 0 radical (unpaired) electrons. The quantitative estimate of drug-likeness (QED) is 0.245. The number of fused-ring (bicyclic) bond motifs is 1. The fourth-order valence-electron chi connectivity index (χ4n) is 2.12. The zero-order valence-corrected chi connectivity index (χ0v) is 13.2. The molecule has 8 nitrogen and oxygen atoms in total. The number of rotatable bonds is 5. The summed E-state index contributed by atoms with van der Waals surface area (Å²) in [5.74, 6) is 0.454. The van der Waals surface area contributed by atoms with Gasteiger partial charge in [-0.1, -0.05) is 5.04 Å². The molecule has 0 atom stereocenters. The van der Waals surface area contributed by atoms with Crippen LogP contribution in [0.15, 0.2) is 28.0 Å². The van der Waals surface area contributed by atoms with Gasteiger partial charge in [0.25, 0.3) is 10.1 Å². The number of nitrogens with two attached hydrogens (primary N) is 1. The summed E-state index contributed by atoms with van der Waals surface area (Å²) in [7, 11) is -3.00. The zero-order valence-electron chi connectivity index (χ0n) is 11.6. The molecule has 4 N–H and O–H groups in total. The van der Waals surface area contributed by atoms with Crippen molar-refractivity contribution in [3.63, 3.8) is 0 Å². The summed E-state index contributed by atoms with van der Waals surface area (Å²) in [6.07, 6.45) is 0. The van der Waals surface area contributed by atoms with Crippen molar-refractivity contribution in [3.05, 3.63) is 23.8 Å². The number of nitrogen functional groups attached to an aromatic ring is 1. The largest absolute Gasteiger partial charge is 0.496 e. The molecule has 0 saturated carbocycles. The van der Waals surface area contributed by atoms with E-state index in [9.17, 15) is 13.0 Å². The normalized spacial score (nSPS) is 11.8. The second-order valence-corrected chi connectivity index (χ2v) is 6.48. The Morgan fingerprint density at radius 1 is 1.27 bits per heavy atom. The molecule has 0 aliphatic carbocycles. The van der Waals surface area contributed by atoms with Crippen LogP contribution in [0.4, 0.5) is 5.69 Å². The maximum absolute atomic E-state index is 11.3. The van der Waals surface area contributed by atoms with Crippen LogP contribution in [0.1, 0.15) is 5.56 Å². The van der Waals surface area contributed by atoms with Gasteiger partial charge in [0, 0.05) is 15.8 Å². The first kappa shape index (κ1) is 16.8. The molecule has 22 heavy (non-hydrogen) atoms. The van der Waals surface area contributed by atoms with E-state index in [0.717, 1.165) is 0 Å². The smallest absolute Gasteiger partial charge is 0.296 e. The first-order valence-electron chi connectivity index (χ1n) is 5.82. The second kappa shape index (κ2) is 6.28. The predicted octanol–water partition coefficient (Wildman–Crippen LogP) is 2.41. The third-order valence-corrected chi connectivity index (χ3v) is 4.70. The van der Waals surface area contributed by atoms with Crippen LogP contribution in [-0.4, -0.2) is 25.3 Å². The van der Waals surface area contributed by atoms with E-state index in [2.05, 4.69) is 9.37 Å². The summed E-state index contributed by atoms with van der Waals surface area (Å²) in [5, 5.41) is 12.8. The van der Waals surface area contributed by atoms with E-state index in [4.69, 9.17) is 15.7 Å².